The number of nitrogens with one attached hydrogen (secondary N) is 3. The van der Waals surface area contributed by atoms with Crippen molar-refractivity contribution in [3.63, 3.8) is 0 Å². The first-order chi connectivity index (χ1) is 15.6. The van der Waals surface area contributed by atoms with Crippen molar-refractivity contribution in [2.45, 2.75) is 70.5 Å². The third-order valence-corrected chi connectivity index (χ3v) is 6.91. The average Bonchev–Trinajstić information content (AvgIpc) is 2.85. The number of carbonyl (C=O) groups excluding carboxylic acids is 1. The normalized spacial score (nSPS) is 20.4. The second-order valence-electron chi connectivity index (χ2n) is 9.15. The Kier molecular flexibility index (Phi) is 9.36. The maximum Gasteiger partial charge on any atom is 0.251 e. The van der Waals surface area contributed by atoms with Gasteiger partial charge in [-0.15, -0.1) is 0 Å². The lowest BCUT2D eigenvalue weighted by Crippen LogP contribution is -2.60. The number of carbonyl (C=O) groups is 1. The van der Waals surface area contributed by atoms with E-state index in [1.807, 2.05) is 38.2 Å². The van der Waals surface area contributed by atoms with E-state index in [9.17, 15) is 4.79 Å². The van der Waals surface area contributed by atoms with Crippen LogP contribution in [0.1, 0.15) is 68.3 Å². The molecule has 1 saturated heterocycles. The molecule has 1 amide bonds. The minimum atomic E-state index is -0.0199. The van der Waals surface area contributed by atoms with E-state index in [1.165, 1.54) is 32.1 Å². The molecule has 3 N–H and O–H groups in total. The summed E-state index contributed by atoms with van der Waals surface area (Å²) in [5, 5.41) is 10.1. The standard InChI is InChI=1S/C25H41N5O2/c1-4-20(2)29-23(31)22-10-8-9-21(17-22)18-27-24(26-3)28-19-25(11-6-5-7-12-25)30-13-15-32-16-14-30/h8-10,17,20H,4-7,11-16,18-19H2,1-3H3,(H,29,31)(H2,26,27,28). The van der Waals surface area contributed by atoms with Crippen LogP contribution in [0.15, 0.2) is 29.3 Å². The number of ether oxygens (including phenoxy) is 1. The molecular weight excluding hydrogens is 402 g/mol. The first kappa shape index (κ1) is 24.5. The number of rotatable bonds is 8. The highest BCUT2D eigenvalue weighted by molar-refractivity contribution is 5.94. The lowest BCUT2D eigenvalue weighted by Gasteiger charge is -2.48. The van der Waals surface area contributed by atoms with Gasteiger partial charge in [0.05, 0.1) is 13.2 Å². The Morgan fingerprint density at radius 3 is 2.62 bits per heavy atom. The molecule has 0 aromatic heterocycles. The summed E-state index contributed by atoms with van der Waals surface area (Å²) >= 11 is 0. The highest BCUT2D eigenvalue weighted by Gasteiger charge is 2.38. The van der Waals surface area contributed by atoms with Crippen LogP contribution in [0.25, 0.3) is 0 Å². The Labute approximate surface area is 193 Å². The fourth-order valence-corrected chi connectivity index (χ4v) is 4.74. The van der Waals surface area contributed by atoms with E-state index in [0.717, 1.165) is 50.8 Å². The topological polar surface area (TPSA) is 78.0 Å². The number of hydrogen-bond acceptors (Lipinski definition) is 4. The molecule has 1 aliphatic heterocycles. The molecule has 1 atom stereocenters. The smallest absolute Gasteiger partial charge is 0.251 e. The van der Waals surface area contributed by atoms with Crippen molar-refractivity contribution in [2.75, 3.05) is 39.9 Å². The lowest BCUT2D eigenvalue weighted by atomic mass is 9.80. The second-order valence-corrected chi connectivity index (χ2v) is 9.15. The van der Waals surface area contributed by atoms with Crippen molar-refractivity contribution in [2.24, 2.45) is 4.99 Å². The molecule has 1 unspecified atom stereocenters. The van der Waals surface area contributed by atoms with E-state index in [2.05, 4.69) is 32.8 Å². The summed E-state index contributed by atoms with van der Waals surface area (Å²) in [4.78, 5) is 19.5. The van der Waals surface area contributed by atoms with Crippen molar-refractivity contribution < 1.29 is 9.53 Å². The fourth-order valence-electron chi connectivity index (χ4n) is 4.74. The van der Waals surface area contributed by atoms with Crippen LogP contribution in [0.3, 0.4) is 0 Å². The van der Waals surface area contributed by atoms with Gasteiger partial charge in [0, 0.05) is 50.4 Å². The van der Waals surface area contributed by atoms with Gasteiger partial charge in [0.15, 0.2) is 5.96 Å². The van der Waals surface area contributed by atoms with Gasteiger partial charge in [-0.1, -0.05) is 38.3 Å². The molecule has 7 nitrogen and oxygen atoms in total. The predicted octanol–water partition coefficient (Wildman–Crippen LogP) is 2.92. The number of benzene rings is 1. The summed E-state index contributed by atoms with van der Waals surface area (Å²) in [6.45, 7) is 9.29. The summed E-state index contributed by atoms with van der Waals surface area (Å²) in [7, 11) is 1.81. The minimum Gasteiger partial charge on any atom is -0.379 e. The Morgan fingerprint density at radius 1 is 1.19 bits per heavy atom. The van der Waals surface area contributed by atoms with Crippen molar-refractivity contribution >= 4 is 11.9 Å². The third-order valence-electron chi connectivity index (χ3n) is 6.91. The summed E-state index contributed by atoms with van der Waals surface area (Å²) in [6, 6.07) is 7.97. The number of aliphatic imine (C=N–C) groups is 1. The number of hydrogen-bond donors (Lipinski definition) is 3. The molecule has 0 spiro atoms. The Morgan fingerprint density at radius 2 is 1.94 bits per heavy atom. The molecule has 7 heteroatoms. The Hall–Kier alpha value is -2.12. The lowest BCUT2D eigenvalue weighted by molar-refractivity contribution is -0.0352. The van der Waals surface area contributed by atoms with Gasteiger partial charge in [-0.05, 0) is 43.9 Å². The molecule has 1 heterocycles. The van der Waals surface area contributed by atoms with E-state index in [0.29, 0.717) is 12.1 Å². The largest absolute Gasteiger partial charge is 0.379 e. The van der Waals surface area contributed by atoms with Crippen LogP contribution in [-0.4, -0.2) is 68.2 Å². The van der Waals surface area contributed by atoms with Crippen LogP contribution in [0.4, 0.5) is 0 Å². The van der Waals surface area contributed by atoms with Crippen LogP contribution in [0.2, 0.25) is 0 Å². The van der Waals surface area contributed by atoms with Crippen LogP contribution in [0, 0.1) is 0 Å². The Balaban J connectivity index is 1.56. The van der Waals surface area contributed by atoms with Gasteiger partial charge in [0.2, 0.25) is 0 Å². The van der Waals surface area contributed by atoms with Crippen molar-refractivity contribution in [1.29, 1.82) is 0 Å². The number of nitrogens with zero attached hydrogens (tertiary/aromatic N) is 2. The highest BCUT2D eigenvalue weighted by atomic mass is 16.5. The van der Waals surface area contributed by atoms with Crippen LogP contribution < -0.4 is 16.0 Å². The van der Waals surface area contributed by atoms with Gasteiger partial charge in [-0.25, -0.2) is 0 Å². The van der Waals surface area contributed by atoms with Crippen molar-refractivity contribution in [3.8, 4) is 0 Å². The fraction of sp³-hybridized carbons (Fsp3) is 0.680. The second kappa shape index (κ2) is 12.2. The van der Waals surface area contributed by atoms with Crippen LogP contribution in [0.5, 0.6) is 0 Å². The van der Waals surface area contributed by atoms with E-state index >= 15 is 0 Å². The Bertz CT molecular complexity index is 754. The van der Waals surface area contributed by atoms with E-state index in [-0.39, 0.29) is 17.5 Å². The molecule has 2 aliphatic rings. The highest BCUT2D eigenvalue weighted by Crippen LogP contribution is 2.33. The maximum atomic E-state index is 12.4. The maximum absolute atomic E-state index is 12.4. The molecule has 2 fully saturated rings. The molecule has 178 valence electrons. The first-order valence-electron chi connectivity index (χ1n) is 12.2. The van der Waals surface area contributed by atoms with Gasteiger partial charge in [0.25, 0.3) is 5.91 Å². The summed E-state index contributed by atoms with van der Waals surface area (Å²) in [5.74, 6) is 0.783. The summed E-state index contributed by atoms with van der Waals surface area (Å²) in [5.41, 5.74) is 1.94. The molecule has 3 rings (SSSR count). The third kappa shape index (κ3) is 6.69. The molecule has 1 aromatic rings. The SMILES string of the molecule is CCC(C)NC(=O)c1cccc(CNC(=NC)NCC2(N3CCOCC3)CCCCC2)c1. The van der Waals surface area contributed by atoms with Crippen molar-refractivity contribution in [3.05, 3.63) is 35.4 Å². The zero-order valence-corrected chi connectivity index (χ0v) is 20.1. The van der Waals surface area contributed by atoms with Gasteiger partial charge in [-0.3, -0.25) is 14.7 Å². The van der Waals surface area contributed by atoms with Crippen LogP contribution in [-0.2, 0) is 11.3 Å². The molecule has 32 heavy (non-hydrogen) atoms. The minimum absolute atomic E-state index is 0.0199. The predicted molar refractivity (Wildman–Crippen MR) is 130 cm³/mol. The molecule has 1 saturated carbocycles. The zero-order chi connectivity index (χ0) is 22.8. The number of amides is 1. The van der Waals surface area contributed by atoms with Gasteiger partial charge < -0.3 is 20.7 Å². The molecular formula is C25H41N5O2. The zero-order valence-electron chi connectivity index (χ0n) is 20.1. The molecule has 0 bridgehead atoms. The van der Waals surface area contributed by atoms with E-state index in [4.69, 9.17) is 4.74 Å². The molecule has 1 aliphatic carbocycles. The van der Waals surface area contributed by atoms with E-state index in [1.54, 1.807) is 0 Å². The quantitative estimate of drug-likeness (QED) is 0.425. The van der Waals surface area contributed by atoms with E-state index < -0.39 is 0 Å². The summed E-state index contributed by atoms with van der Waals surface area (Å²) in [6.07, 6.45) is 7.28. The van der Waals surface area contributed by atoms with Crippen LogP contribution >= 0.6 is 0 Å². The molecule has 1 aromatic carbocycles. The summed E-state index contributed by atoms with van der Waals surface area (Å²) < 4.78 is 5.60. The number of morpholine rings is 1. The van der Waals surface area contributed by atoms with Gasteiger partial charge >= 0.3 is 0 Å². The number of guanidine groups is 1. The molecule has 0 radical (unpaired) electrons. The van der Waals surface area contributed by atoms with Gasteiger partial charge in [0.1, 0.15) is 0 Å². The monoisotopic (exact) mass is 443 g/mol. The first-order valence-corrected chi connectivity index (χ1v) is 12.2. The van der Waals surface area contributed by atoms with Gasteiger partial charge in [-0.2, -0.15) is 0 Å². The average molecular weight is 444 g/mol. The van der Waals surface area contributed by atoms with Crippen molar-refractivity contribution in [1.82, 2.24) is 20.9 Å².